The number of halogens is 2. The number of hydrogen-bond donors (Lipinski definition) is 1. The molecule has 2 N–H and O–H groups in total. The van der Waals surface area contributed by atoms with Crippen molar-refractivity contribution in [2.24, 2.45) is 0 Å². The maximum absolute atomic E-state index is 12.9. The van der Waals surface area contributed by atoms with Crippen LogP contribution in [0.4, 0.5) is 10.2 Å². The minimum atomic E-state index is -0.240. The fourth-order valence-electron chi connectivity index (χ4n) is 2.01. The van der Waals surface area contributed by atoms with E-state index in [1.165, 1.54) is 12.1 Å². The Morgan fingerprint density at radius 3 is 2.63 bits per heavy atom. The third-order valence-corrected chi connectivity index (χ3v) is 3.45. The monoisotopic (exact) mass is 319 g/mol. The Morgan fingerprint density at radius 1 is 1.16 bits per heavy atom. The lowest BCUT2D eigenvalue weighted by molar-refractivity contribution is 0.627. The largest absolute Gasteiger partial charge is 0.383 e. The van der Waals surface area contributed by atoms with Crippen molar-refractivity contribution < 1.29 is 4.39 Å². The van der Waals surface area contributed by atoms with Crippen LogP contribution in [0.2, 0.25) is 0 Å². The average molecular weight is 320 g/mol. The van der Waals surface area contributed by atoms with Crippen LogP contribution < -0.4 is 5.73 Å². The van der Waals surface area contributed by atoms with Crippen LogP contribution in [0.25, 0.3) is 5.65 Å². The maximum atomic E-state index is 12.9. The number of hydrogen-bond acceptors (Lipinski definition) is 2. The second-order valence-corrected chi connectivity index (χ2v) is 5.24. The Morgan fingerprint density at radius 2 is 1.89 bits per heavy atom. The molecule has 1 aromatic carbocycles. The van der Waals surface area contributed by atoms with E-state index in [0.717, 1.165) is 21.4 Å². The molecule has 0 fully saturated rings. The molecule has 2 aromatic heterocycles. The quantitative estimate of drug-likeness (QED) is 0.786. The molecule has 0 spiro atoms. The minimum absolute atomic E-state index is 0.240. The molecule has 0 aliphatic heterocycles. The summed E-state index contributed by atoms with van der Waals surface area (Å²) in [4.78, 5) is 4.49. The number of imidazole rings is 1. The molecule has 0 unspecified atom stereocenters. The third-order valence-electron chi connectivity index (χ3n) is 2.98. The molecule has 3 rings (SSSR count). The van der Waals surface area contributed by atoms with Crippen LogP contribution in [-0.4, -0.2) is 9.38 Å². The smallest absolute Gasteiger partial charge is 0.138 e. The fourth-order valence-corrected chi connectivity index (χ4v) is 2.35. The molecular formula is C14H11BrFN3. The highest BCUT2D eigenvalue weighted by molar-refractivity contribution is 9.10. The molecule has 0 bridgehead atoms. The van der Waals surface area contributed by atoms with E-state index in [1.807, 2.05) is 22.7 Å². The second-order valence-electron chi connectivity index (χ2n) is 4.32. The van der Waals surface area contributed by atoms with Crippen molar-refractivity contribution in [2.45, 2.75) is 6.42 Å². The van der Waals surface area contributed by atoms with Gasteiger partial charge in [0.1, 0.15) is 17.3 Å². The summed E-state index contributed by atoms with van der Waals surface area (Å²) in [6, 6.07) is 10.2. The lowest BCUT2D eigenvalue weighted by Crippen LogP contribution is -1.97. The summed E-state index contributed by atoms with van der Waals surface area (Å²) >= 11 is 3.40. The standard InChI is InChI=1S/C14H11BrFN3/c15-10-3-6-13-18-12(14(17)19(13)8-10)7-9-1-4-11(16)5-2-9/h1-6,8H,7,17H2. The van der Waals surface area contributed by atoms with E-state index in [4.69, 9.17) is 5.73 Å². The highest BCUT2D eigenvalue weighted by Crippen LogP contribution is 2.21. The molecule has 0 aliphatic carbocycles. The summed E-state index contributed by atoms with van der Waals surface area (Å²) in [6.45, 7) is 0. The molecule has 0 radical (unpaired) electrons. The Bertz CT molecular complexity index is 734. The molecule has 0 saturated carbocycles. The number of pyridine rings is 1. The van der Waals surface area contributed by atoms with Crippen molar-refractivity contribution in [1.82, 2.24) is 9.38 Å². The number of benzene rings is 1. The van der Waals surface area contributed by atoms with Crippen LogP contribution in [0.1, 0.15) is 11.3 Å². The summed E-state index contributed by atoms with van der Waals surface area (Å²) in [5.74, 6) is 0.372. The van der Waals surface area contributed by atoms with Crippen LogP contribution in [-0.2, 0) is 6.42 Å². The zero-order valence-corrected chi connectivity index (χ0v) is 11.6. The third kappa shape index (κ3) is 2.33. The van der Waals surface area contributed by atoms with E-state index in [9.17, 15) is 4.39 Å². The average Bonchev–Trinajstić information content (AvgIpc) is 2.70. The molecule has 0 saturated heterocycles. The number of fused-ring (bicyclic) bond motifs is 1. The molecule has 3 nitrogen and oxygen atoms in total. The minimum Gasteiger partial charge on any atom is -0.383 e. The maximum Gasteiger partial charge on any atom is 0.138 e. The van der Waals surface area contributed by atoms with Gasteiger partial charge in [-0.2, -0.15) is 0 Å². The van der Waals surface area contributed by atoms with Gasteiger partial charge >= 0.3 is 0 Å². The zero-order chi connectivity index (χ0) is 13.4. The second kappa shape index (κ2) is 4.66. The van der Waals surface area contributed by atoms with Crippen LogP contribution in [0.15, 0.2) is 47.1 Å². The van der Waals surface area contributed by atoms with E-state index in [2.05, 4.69) is 20.9 Å². The van der Waals surface area contributed by atoms with E-state index in [-0.39, 0.29) is 5.82 Å². The van der Waals surface area contributed by atoms with Crippen molar-refractivity contribution in [3.8, 4) is 0 Å². The molecular weight excluding hydrogens is 309 g/mol. The number of aromatic nitrogens is 2. The zero-order valence-electron chi connectivity index (χ0n) is 9.98. The first-order valence-corrected chi connectivity index (χ1v) is 6.59. The predicted octanol–water partition coefficient (Wildman–Crippen LogP) is 3.41. The van der Waals surface area contributed by atoms with Gasteiger partial charge in [-0.3, -0.25) is 4.40 Å². The Balaban J connectivity index is 2.01. The molecule has 0 amide bonds. The van der Waals surface area contributed by atoms with Gasteiger partial charge in [-0.1, -0.05) is 12.1 Å². The summed E-state index contributed by atoms with van der Waals surface area (Å²) in [7, 11) is 0. The highest BCUT2D eigenvalue weighted by Gasteiger charge is 2.10. The van der Waals surface area contributed by atoms with Gasteiger partial charge in [0.05, 0.1) is 5.69 Å². The lowest BCUT2D eigenvalue weighted by atomic mass is 10.1. The summed E-state index contributed by atoms with van der Waals surface area (Å²) in [6.07, 6.45) is 2.47. The first-order chi connectivity index (χ1) is 9.13. The Kier molecular flexibility index (Phi) is 2.98. The van der Waals surface area contributed by atoms with Gasteiger partial charge in [0.15, 0.2) is 0 Å². The lowest BCUT2D eigenvalue weighted by Gasteiger charge is -2.00. The van der Waals surface area contributed by atoms with Gasteiger partial charge in [0, 0.05) is 17.1 Å². The number of anilines is 1. The van der Waals surface area contributed by atoms with E-state index >= 15 is 0 Å². The molecule has 0 aliphatic rings. The molecule has 2 heterocycles. The molecule has 96 valence electrons. The predicted molar refractivity (Wildman–Crippen MR) is 76.5 cm³/mol. The number of nitrogen functional groups attached to an aromatic ring is 1. The van der Waals surface area contributed by atoms with Crippen molar-refractivity contribution in [3.63, 3.8) is 0 Å². The van der Waals surface area contributed by atoms with Gasteiger partial charge in [-0.25, -0.2) is 9.37 Å². The van der Waals surface area contributed by atoms with E-state index < -0.39 is 0 Å². The van der Waals surface area contributed by atoms with Gasteiger partial charge in [0.25, 0.3) is 0 Å². The first-order valence-electron chi connectivity index (χ1n) is 5.80. The van der Waals surface area contributed by atoms with Crippen LogP contribution >= 0.6 is 15.9 Å². The highest BCUT2D eigenvalue weighted by atomic mass is 79.9. The van der Waals surface area contributed by atoms with Gasteiger partial charge in [-0.15, -0.1) is 0 Å². The molecule has 19 heavy (non-hydrogen) atoms. The van der Waals surface area contributed by atoms with Crippen molar-refractivity contribution >= 4 is 27.4 Å². The Hall–Kier alpha value is -1.88. The summed E-state index contributed by atoms with van der Waals surface area (Å²) < 4.78 is 15.6. The fraction of sp³-hybridized carbons (Fsp3) is 0.0714. The first kappa shape index (κ1) is 12.2. The Labute approximate surface area is 118 Å². The van der Waals surface area contributed by atoms with Gasteiger partial charge < -0.3 is 5.73 Å². The van der Waals surface area contributed by atoms with Gasteiger partial charge in [0.2, 0.25) is 0 Å². The van der Waals surface area contributed by atoms with E-state index in [1.54, 1.807) is 12.1 Å². The van der Waals surface area contributed by atoms with E-state index in [0.29, 0.717) is 12.2 Å². The molecule has 5 heteroatoms. The van der Waals surface area contributed by atoms with Crippen molar-refractivity contribution in [2.75, 3.05) is 5.73 Å². The number of rotatable bonds is 2. The SMILES string of the molecule is Nc1c(Cc2ccc(F)cc2)nc2ccc(Br)cn12. The normalized spacial score (nSPS) is 11.1. The van der Waals surface area contributed by atoms with Gasteiger partial charge in [-0.05, 0) is 45.8 Å². The van der Waals surface area contributed by atoms with Crippen molar-refractivity contribution in [3.05, 3.63) is 64.1 Å². The molecule has 0 atom stereocenters. The van der Waals surface area contributed by atoms with Crippen molar-refractivity contribution in [1.29, 1.82) is 0 Å². The number of nitrogens with zero attached hydrogens (tertiary/aromatic N) is 2. The summed E-state index contributed by atoms with van der Waals surface area (Å²) in [5, 5.41) is 0. The molecule has 3 aromatic rings. The topological polar surface area (TPSA) is 43.3 Å². The number of nitrogens with two attached hydrogens (primary N) is 1. The van der Waals surface area contributed by atoms with Crippen LogP contribution in [0.5, 0.6) is 0 Å². The van der Waals surface area contributed by atoms with Crippen LogP contribution in [0.3, 0.4) is 0 Å². The van der Waals surface area contributed by atoms with Crippen LogP contribution in [0, 0.1) is 5.82 Å². The summed E-state index contributed by atoms with van der Waals surface area (Å²) in [5.41, 5.74) is 8.67.